The fraction of sp³-hybridized carbons (Fsp3) is 0.333. The first-order valence-corrected chi connectivity index (χ1v) is 8.75. The molecule has 0 aliphatic rings. The molecule has 0 aliphatic carbocycles. The average Bonchev–Trinajstić information content (AvgIpc) is 3.07. The summed E-state index contributed by atoms with van der Waals surface area (Å²) in [5.74, 6) is -0.446. The van der Waals surface area contributed by atoms with Crippen LogP contribution in [0, 0.1) is 0 Å². The second kappa shape index (κ2) is 8.35. The maximum Gasteiger partial charge on any atom is 0.416 e. The van der Waals surface area contributed by atoms with Gasteiger partial charge >= 0.3 is 6.18 Å². The van der Waals surface area contributed by atoms with Crippen LogP contribution in [0.5, 0.6) is 0 Å². The minimum Gasteiger partial charge on any atom is -0.348 e. The van der Waals surface area contributed by atoms with E-state index in [9.17, 15) is 22.8 Å². The van der Waals surface area contributed by atoms with Crippen molar-refractivity contribution < 1.29 is 22.8 Å². The first-order valence-electron chi connectivity index (χ1n) is 7.87. The number of hydrogen-bond donors (Lipinski definition) is 1. The van der Waals surface area contributed by atoms with Gasteiger partial charge in [-0.15, -0.1) is 11.3 Å². The number of benzene rings is 1. The summed E-state index contributed by atoms with van der Waals surface area (Å²) in [6, 6.07) is 7.97. The van der Waals surface area contributed by atoms with Crippen LogP contribution >= 0.6 is 11.3 Å². The Hall–Kier alpha value is -2.35. The van der Waals surface area contributed by atoms with Crippen LogP contribution in [-0.2, 0) is 22.3 Å². The number of thiophene rings is 1. The number of carbonyl (C=O) groups excluding carboxylic acids is 2. The highest BCUT2D eigenvalue weighted by molar-refractivity contribution is 7.10. The van der Waals surface area contributed by atoms with E-state index in [0.29, 0.717) is 5.56 Å². The van der Waals surface area contributed by atoms with Gasteiger partial charge in [0.05, 0.1) is 18.0 Å². The Morgan fingerprint density at radius 2 is 1.85 bits per heavy atom. The van der Waals surface area contributed by atoms with E-state index >= 15 is 0 Å². The molecule has 1 N–H and O–H groups in total. The zero-order valence-corrected chi connectivity index (χ0v) is 15.2. The van der Waals surface area contributed by atoms with Gasteiger partial charge < -0.3 is 10.2 Å². The summed E-state index contributed by atoms with van der Waals surface area (Å²) in [4.78, 5) is 26.1. The van der Waals surface area contributed by atoms with Crippen molar-refractivity contribution in [3.8, 4) is 0 Å². The van der Waals surface area contributed by atoms with Gasteiger partial charge in [0.1, 0.15) is 0 Å². The van der Waals surface area contributed by atoms with E-state index in [-0.39, 0.29) is 24.8 Å². The number of hydrogen-bond acceptors (Lipinski definition) is 3. The molecule has 0 bridgehead atoms. The standard InChI is InChI=1S/C18H19F3N2O2S/c1-12(24)22-15(16-4-3-9-26-16)10-17(25)23(2)11-13-5-7-14(8-6-13)18(19,20)21/h3-9,15H,10-11H2,1-2H3,(H,22,24). The summed E-state index contributed by atoms with van der Waals surface area (Å²) in [5.41, 5.74) is -0.125. The summed E-state index contributed by atoms with van der Waals surface area (Å²) in [7, 11) is 1.58. The van der Waals surface area contributed by atoms with E-state index < -0.39 is 17.8 Å². The molecule has 0 saturated carbocycles. The van der Waals surface area contributed by atoms with Gasteiger partial charge in [-0.05, 0) is 29.1 Å². The molecule has 4 nitrogen and oxygen atoms in total. The lowest BCUT2D eigenvalue weighted by molar-refractivity contribution is -0.137. The van der Waals surface area contributed by atoms with Crippen LogP contribution in [0.2, 0.25) is 0 Å². The maximum atomic E-state index is 12.6. The minimum atomic E-state index is -4.38. The molecular weight excluding hydrogens is 365 g/mol. The second-order valence-corrected chi connectivity index (χ2v) is 6.90. The molecule has 1 unspecified atom stereocenters. The SMILES string of the molecule is CC(=O)NC(CC(=O)N(C)Cc1ccc(C(F)(F)F)cc1)c1cccs1. The number of rotatable bonds is 6. The number of nitrogens with zero attached hydrogens (tertiary/aromatic N) is 1. The maximum absolute atomic E-state index is 12.6. The molecule has 1 aromatic heterocycles. The molecule has 2 aromatic rings. The van der Waals surface area contributed by atoms with Crippen molar-refractivity contribution in [2.45, 2.75) is 32.1 Å². The van der Waals surface area contributed by atoms with Crippen molar-refractivity contribution in [1.82, 2.24) is 10.2 Å². The number of nitrogens with one attached hydrogen (secondary N) is 1. The smallest absolute Gasteiger partial charge is 0.348 e. The molecule has 0 aliphatic heterocycles. The molecule has 0 saturated heterocycles. The predicted octanol–water partition coefficient (Wildman–Crippen LogP) is 3.99. The molecular formula is C18H19F3N2O2S. The van der Waals surface area contributed by atoms with Crippen LogP contribution in [0.25, 0.3) is 0 Å². The largest absolute Gasteiger partial charge is 0.416 e. The predicted molar refractivity (Wildman–Crippen MR) is 93.4 cm³/mol. The Bertz CT molecular complexity index is 743. The van der Waals surface area contributed by atoms with Gasteiger partial charge in [-0.2, -0.15) is 13.2 Å². The van der Waals surface area contributed by atoms with Crippen molar-refractivity contribution in [1.29, 1.82) is 0 Å². The molecule has 140 valence electrons. The van der Waals surface area contributed by atoms with Gasteiger partial charge in [-0.1, -0.05) is 18.2 Å². The van der Waals surface area contributed by atoms with E-state index in [1.54, 1.807) is 7.05 Å². The topological polar surface area (TPSA) is 49.4 Å². The highest BCUT2D eigenvalue weighted by Crippen LogP contribution is 2.29. The lowest BCUT2D eigenvalue weighted by atomic mass is 10.1. The molecule has 2 amide bonds. The van der Waals surface area contributed by atoms with Gasteiger partial charge in [0.15, 0.2) is 0 Å². The van der Waals surface area contributed by atoms with Crippen LogP contribution in [0.3, 0.4) is 0 Å². The number of amides is 2. The second-order valence-electron chi connectivity index (χ2n) is 5.92. The van der Waals surface area contributed by atoms with Crippen molar-refractivity contribution in [2.75, 3.05) is 7.05 Å². The Morgan fingerprint density at radius 3 is 2.35 bits per heavy atom. The monoisotopic (exact) mass is 384 g/mol. The summed E-state index contributed by atoms with van der Waals surface area (Å²) in [6.07, 6.45) is -4.30. The molecule has 0 fully saturated rings. The number of alkyl halides is 3. The number of halogens is 3. The van der Waals surface area contributed by atoms with Gasteiger partial charge in [-0.25, -0.2) is 0 Å². The Kier molecular flexibility index (Phi) is 6.42. The minimum absolute atomic E-state index is 0.0806. The third-order valence-corrected chi connectivity index (χ3v) is 4.76. The van der Waals surface area contributed by atoms with Crippen molar-refractivity contribution in [3.63, 3.8) is 0 Å². The van der Waals surface area contributed by atoms with E-state index in [1.165, 1.54) is 35.3 Å². The molecule has 26 heavy (non-hydrogen) atoms. The lowest BCUT2D eigenvalue weighted by Gasteiger charge is -2.22. The molecule has 2 rings (SSSR count). The summed E-state index contributed by atoms with van der Waals surface area (Å²) in [6.45, 7) is 1.57. The molecule has 0 radical (unpaired) electrons. The molecule has 1 atom stereocenters. The van der Waals surface area contributed by atoms with Crippen LogP contribution in [0.1, 0.15) is 35.4 Å². The fourth-order valence-corrected chi connectivity index (χ4v) is 3.23. The van der Waals surface area contributed by atoms with Gasteiger partial charge in [0.25, 0.3) is 0 Å². The zero-order chi connectivity index (χ0) is 19.3. The quantitative estimate of drug-likeness (QED) is 0.819. The van der Waals surface area contributed by atoms with Crippen LogP contribution in [-0.4, -0.2) is 23.8 Å². The van der Waals surface area contributed by atoms with E-state index in [1.807, 2.05) is 17.5 Å². The fourth-order valence-electron chi connectivity index (χ4n) is 2.45. The van der Waals surface area contributed by atoms with E-state index in [0.717, 1.165) is 17.0 Å². The first-order chi connectivity index (χ1) is 12.2. The molecule has 1 heterocycles. The third kappa shape index (κ3) is 5.59. The van der Waals surface area contributed by atoms with Crippen LogP contribution in [0.15, 0.2) is 41.8 Å². The third-order valence-electron chi connectivity index (χ3n) is 3.77. The van der Waals surface area contributed by atoms with Crippen molar-refractivity contribution in [2.24, 2.45) is 0 Å². The number of carbonyl (C=O) groups is 2. The molecule has 0 spiro atoms. The highest BCUT2D eigenvalue weighted by Gasteiger charge is 2.30. The Morgan fingerprint density at radius 1 is 1.19 bits per heavy atom. The van der Waals surface area contributed by atoms with Crippen LogP contribution in [0.4, 0.5) is 13.2 Å². The summed E-state index contributed by atoms with van der Waals surface area (Å²) in [5, 5.41) is 4.62. The Balaban J connectivity index is 2.00. The zero-order valence-electron chi connectivity index (χ0n) is 14.3. The lowest BCUT2D eigenvalue weighted by Crippen LogP contribution is -2.33. The van der Waals surface area contributed by atoms with Crippen molar-refractivity contribution in [3.05, 3.63) is 57.8 Å². The van der Waals surface area contributed by atoms with E-state index in [4.69, 9.17) is 0 Å². The first kappa shape index (κ1) is 20.0. The van der Waals surface area contributed by atoms with E-state index in [2.05, 4.69) is 5.32 Å². The highest BCUT2D eigenvalue weighted by atomic mass is 32.1. The molecule has 8 heteroatoms. The summed E-state index contributed by atoms with van der Waals surface area (Å²) >= 11 is 1.44. The average molecular weight is 384 g/mol. The van der Waals surface area contributed by atoms with Gasteiger partial charge in [0.2, 0.25) is 11.8 Å². The normalized spacial score (nSPS) is 12.5. The van der Waals surface area contributed by atoms with Gasteiger partial charge in [-0.3, -0.25) is 9.59 Å². The summed E-state index contributed by atoms with van der Waals surface area (Å²) < 4.78 is 37.8. The van der Waals surface area contributed by atoms with Crippen molar-refractivity contribution >= 4 is 23.2 Å². The molecule has 1 aromatic carbocycles. The Labute approximate surface area is 153 Å². The van der Waals surface area contributed by atoms with Gasteiger partial charge in [0, 0.05) is 25.4 Å². The van der Waals surface area contributed by atoms with Crippen LogP contribution < -0.4 is 5.32 Å².